The molecule has 224 valence electrons. The van der Waals surface area contributed by atoms with E-state index in [4.69, 9.17) is 17.0 Å². The number of aryl methyl sites for hydroxylation is 1. The van der Waals surface area contributed by atoms with Crippen molar-refractivity contribution >= 4 is 28.7 Å². The number of imidazole rings is 1. The van der Waals surface area contributed by atoms with Crippen LogP contribution in [0.2, 0.25) is 0 Å². The maximum atomic E-state index is 15.3. The highest BCUT2D eigenvalue weighted by Crippen LogP contribution is 2.46. The summed E-state index contributed by atoms with van der Waals surface area (Å²) in [6.07, 6.45) is 0.541. The number of fused-ring (bicyclic) bond motifs is 1. The summed E-state index contributed by atoms with van der Waals surface area (Å²) in [5.41, 5.74) is 0.227. The molecule has 0 atom stereocenters. The monoisotopic (exact) mass is 620 g/mol. The van der Waals surface area contributed by atoms with E-state index in [2.05, 4.69) is 24.9 Å². The van der Waals surface area contributed by atoms with Gasteiger partial charge in [0.2, 0.25) is 5.88 Å². The lowest BCUT2D eigenvalue weighted by atomic mass is 10.1. The van der Waals surface area contributed by atoms with Crippen LogP contribution in [0.25, 0.3) is 22.8 Å². The molecule has 1 aromatic carbocycles. The molecule has 43 heavy (non-hydrogen) atoms. The molecule has 16 heteroatoms. The number of aromatic nitrogens is 6. The number of ether oxygens (including phenoxy) is 1. The third-order valence-corrected chi connectivity index (χ3v) is 7.46. The van der Waals surface area contributed by atoms with E-state index in [0.29, 0.717) is 21.7 Å². The van der Waals surface area contributed by atoms with Crippen molar-refractivity contribution in [2.45, 2.75) is 38.0 Å². The lowest BCUT2D eigenvalue weighted by Gasteiger charge is -2.37. The number of rotatable bonds is 7. The summed E-state index contributed by atoms with van der Waals surface area (Å²) < 4.78 is 89.4. The molecule has 0 saturated heterocycles. The summed E-state index contributed by atoms with van der Waals surface area (Å²) in [6.45, 7) is -3.11. The molecule has 1 aliphatic carbocycles. The van der Waals surface area contributed by atoms with Gasteiger partial charge in [-0.3, -0.25) is 4.90 Å². The van der Waals surface area contributed by atoms with Crippen LogP contribution in [0.3, 0.4) is 0 Å². The van der Waals surface area contributed by atoms with Gasteiger partial charge in [0.25, 0.3) is 0 Å². The minimum Gasteiger partial charge on any atom is -0.480 e. The number of nitrogens with zero attached hydrogens (tertiary/aromatic N) is 8. The number of hydrogen-bond donors (Lipinski definition) is 0. The van der Waals surface area contributed by atoms with E-state index in [1.165, 1.54) is 38.8 Å². The molecule has 9 nitrogen and oxygen atoms in total. The van der Waals surface area contributed by atoms with E-state index in [-0.39, 0.29) is 58.6 Å². The number of halogens is 6. The number of alkyl halides is 5. The molecule has 1 saturated carbocycles. The molecule has 0 N–H and O–H groups in total. The van der Waals surface area contributed by atoms with Gasteiger partial charge in [-0.25, -0.2) is 29.3 Å². The second-order valence-corrected chi connectivity index (χ2v) is 10.6. The second-order valence-electron chi connectivity index (χ2n) is 10.1. The maximum Gasteiger partial charge on any atom is 0.434 e. The van der Waals surface area contributed by atoms with Crippen molar-refractivity contribution in [3.63, 3.8) is 0 Å². The van der Waals surface area contributed by atoms with Crippen LogP contribution in [0.5, 0.6) is 5.88 Å². The third kappa shape index (κ3) is 5.34. The Kier molecular flexibility index (Phi) is 7.18. The van der Waals surface area contributed by atoms with Crippen molar-refractivity contribution in [2.24, 2.45) is 7.05 Å². The molecular formula is C27H22F6N8OS. The first-order chi connectivity index (χ1) is 20.5. The molecule has 0 spiro atoms. The summed E-state index contributed by atoms with van der Waals surface area (Å²) in [5.74, 6) is -0.313. The normalized spacial score (nSPS) is 15.3. The fourth-order valence-corrected chi connectivity index (χ4v) is 5.34. The van der Waals surface area contributed by atoms with Crippen molar-refractivity contribution in [2.75, 3.05) is 23.5 Å². The average Bonchev–Trinajstić information content (AvgIpc) is 3.73. The Hall–Kier alpha value is -4.34. The van der Waals surface area contributed by atoms with Gasteiger partial charge < -0.3 is 14.2 Å². The van der Waals surface area contributed by atoms with Crippen molar-refractivity contribution < 1.29 is 31.1 Å². The van der Waals surface area contributed by atoms with E-state index in [1.807, 2.05) is 0 Å². The van der Waals surface area contributed by atoms with Crippen molar-refractivity contribution in [3.8, 4) is 28.7 Å². The Balaban J connectivity index is 1.38. The average molecular weight is 621 g/mol. The largest absolute Gasteiger partial charge is 0.480 e. The Morgan fingerprint density at radius 3 is 2.51 bits per heavy atom. The van der Waals surface area contributed by atoms with Gasteiger partial charge in [-0.2, -0.15) is 22.0 Å². The quantitative estimate of drug-likeness (QED) is 0.146. The van der Waals surface area contributed by atoms with E-state index in [1.54, 1.807) is 4.90 Å². The molecule has 0 unspecified atom stereocenters. The van der Waals surface area contributed by atoms with Crippen LogP contribution in [-0.4, -0.2) is 54.7 Å². The summed E-state index contributed by atoms with van der Waals surface area (Å²) >= 11 is 5.29. The van der Waals surface area contributed by atoms with Gasteiger partial charge in [-0.15, -0.1) is 0 Å². The standard InChI is InChI=1S/C27H22F6N8OS/c1-39-10-18(27(31,32)33)37-23(39)15-6-3-13(7-16(15)28)9-40-11-19(43)41(26(29)30)17-8-34-22(38-24(17)40)20-21(14-4-5-14)35-12-36-25(20)42-2/h3,6-8,10,12,14,26H,4-5,9,11H2,1-2H3. The molecule has 4 aromatic rings. The first-order valence-electron chi connectivity index (χ1n) is 13.0. The predicted molar refractivity (Wildman–Crippen MR) is 147 cm³/mol. The molecule has 6 rings (SSSR count). The fourth-order valence-electron chi connectivity index (χ4n) is 5.01. The molecule has 0 bridgehead atoms. The fraction of sp³-hybridized carbons (Fsp3) is 0.333. The van der Waals surface area contributed by atoms with Crippen LogP contribution in [-0.2, 0) is 19.8 Å². The zero-order valence-electron chi connectivity index (χ0n) is 22.6. The summed E-state index contributed by atoms with van der Waals surface area (Å²) in [6, 6.07) is 3.99. The van der Waals surface area contributed by atoms with E-state index < -0.39 is 24.2 Å². The third-order valence-electron chi connectivity index (χ3n) is 7.14. The predicted octanol–water partition coefficient (Wildman–Crippen LogP) is 5.75. The van der Waals surface area contributed by atoms with Crippen LogP contribution in [0.15, 0.2) is 36.9 Å². The van der Waals surface area contributed by atoms with Gasteiger partial charge in [0.1, 0.15) is 34.2 Å². The first kappa shape index (κ1) is 28.8. The number of methoxy groups -OCH3 is 1. The smallest absolute Gasteiger partial charge is 0.434 e. The van der Waals surface area contributed by atoms with E-state index in [9.17, 15) is 22.0 Å². The Morgan fingerprint density at radius 2 is 1.88 bits per heavy atom. The van der Waals surface area contributed by atoms with Crippen molar-refractivity contribution in [3.05, 3.63) is 59.7 Å². The Morgan fingerprint density at radius 1 is 1.12 bits per heavy atom. The van der Waals surface area contributed by atoms with Gasteiger partial charge in [0, 0.05) is 25.7 Å². The summed E-state index contributed by atoms with van der Waals surface area (Å²) in [4.78, 5) is 23.3. The Labute approximate surface area is 246 Å². The number of anilines is 2. The minimum atomic E-state index is -4.69. The molecule has 3 aromatic heterocycles. The first-order valence-corrected chi connectivity index (χ1v) is 13.4. The van der Waals surface area contributed by atoms with E-state index in [0.717, 1.165) is 29.7 Å². The summed E-state index contributed by atoms with van der Waals surface area (Å²) in [7, 11) is 2.78. The maximum absolute atomic E-state index is 15.3. The van der Waals surface area contributed by atoms with Crippen LogP contribution < -0.4 is 14.5 Å². The highest BCUT2D eigenvalue weighted by Gasteiger charge is 2.37. The Bertz CT molecular complexity index is 1720. The molecule has 0 amide bonds. The molecule has 2 aliphatic rings. The van der Waals surface area contributed by atoms with Gasteiger partial charge in [-0.05, 0) is 30.5 Å². The molecule has 0 radical (unpaired) electrons. The highest BCUT2D eigenvalue weighted by atomic mass is 32.1. The SMILES string of the molecule is COc1ncnc(C2CC2)c1-c1ncc2c(n1)N(Cc1ccc(-c3nc(C(F)(F)F)cn3C)c(F)c1)CC(=S)N2C(F)F. The zero-order chi connectivity index (χ0) is 30.6. The van der Waals surface area contributed by atoms with Crippen molar-refractivity contribution in [1.82, 2.24) is 29.5 Å². The zero-order valence-corrected chi connectivity index (χ0v) is 23.4. The summed E-state index contributed by atoms with van der Waals surface area (Å²) in [5, 5.41) is 0. The second kappa shape index (κ2) is 10.7. The topological polar surface area (TPSA) is 85.1 Å². The van der Waals surface area contributed by atoms with Gasteiger partial charge in [0.05, 0.1) is 31.1 Å². The molecule has 4 heterocycles. The number of benzene rings is 1. The van der Waals surface area contributed by atoms with E-state index >= 15 is 4.39 Å². The van der Waals surface area contributed by atoms with Gasteiger partial charge >= 0.3 is 12.7 Å². The lowest BCUT2D eigenvalue weighted by Crippen LogP contribution is -2.47. The van der Waals surface area contributed by atoms with Crippen molar-refractivity contribution in [1.29, 1.82) is 0 Å². The van der Waals surface area contributed by atoms with Gasteiger partial charge in [-0.1, -0.05) is 18.3 Å². The van der Waals surface area contributed by atoms with Crippen LogP contribution in [0, 0.1) is 5.82 Å². The lowest BCUT2D eigenvalue weighted by molar-refractivity contribution is -0.140. The number of hydrogen-bond acceptors (Lipinski definition) is 8. The van der Waals surface area contributed by atoms with Gasteiger partial charge in [0.15, 0.2) is 17.3 Å². The molecule has 1 aliphatic heterocycles. The minimum absolute atomic E-state index is 0.00978. The van der Waals surface area contributed by atoms with Crippen LogP contribution in [0.4, 0.5) is 37.8 Å². The van der Waals surface area contributed by atoms with Crippen LogP contribution in [0.1, 0.15) is 35.7 Å². The van der Waals surface area contributed by atoms with Crippen LogP contribution >= 0.6 is 12.2 Å². The molecular weight excluding hydrogens is 598 g/mol. The molecule has 1 fully saturated rings. The highest BCUT2D eigenvalue weighted by molar-refractivity contribution is 7.80. The number of thiocarbonyl (C=S) groups is 1.